The summed E-state index contributed by atoms with van der Waals surface area (Å²) in [5.41, 5.74) is 0. The van der Waals surface area contributed by atoms with Crippen molar-refractivity contribution in [3.05, 3.63) is 0 Å². The van der Waals surface area contributed by atoms with Gasteiger partial charge in [0.25, 0.3) is 0 Å². The third kappa shape index (κ3) is 7.54. The van der Waals surface area contributed by atoms with E-state index >= 15 is 0 Å². The molecule has 1 amide bonds. The van der Waals surface area contributed by atoms with Gasteiger partial charge >= 0.3 is 5.97 Å². The van der Waals surface area contributed by atoms with Gasteiger partial charge in [-0.3, -0.25) is 14.9 Å². The SMILES string of the molecule is CCNC(=O)CNCC(=O)OC(C)C. The molecule has 14 heavy (non-hydrogen) atoms. The van der Waals surface area contributed by atoms with E-state index in [0.717, 1.165) is 0 Å². The number of hydrogen-bond acceptors (Lipinski definition) is 4. The molecule has 0 saturated heterocycles. The van der Waals surface area contributed by atoms with Crippen molar-refractivity contribution in [2.75, 3.05) is 19.6 Å². The molecule has 0 aliphatic carbocycles. The number of esters is 1. The maximum Gasteiger partial charge on any atom is 0.320 e. The van der Waals surface area contributed by atoms with Crippen LogP contribution in [0.5, 0.6) is 0 Å². The Balaban J connectivity index is 3.44. The fourth-order valence-corrected chi connectivity index (χ4v) is 0.842. The fourth-order valence-electron chi connectivity index (χ4n) is 0.842. The van der Waals surface area contributed by atoms with Gasteiger partial charge in [-0.05, 0) is 20.8 Å². The summed E-state index contributed by atoms with van der Waals surface area (Å²) in [6, 6.07) is 0. The lowest BCUT2D eigenvalue weighted by Gasteiger charge is -2.08. The molecule has 0 rings (SSSR count). The Bertz CT molecular complexity index is 192. The molecule has 0 aliphatic rings. The molecule has 0 atom stereocenters. The van der Waals surface area contributed by atoms with Crippen LogP contribution in [0, 0.1) is 0 Å². The van der Waals surface area contributed by atoms with Gasteiger partial charge in [0.15, 0.2) is 0 Å². The standard InChI is InChI=1S/C9H18N2O3/c1-4-11-8(12)5-10-6-9(13)14-7(2)3/h7,10H,4-6H2,1-3H3,(H,11,12). The van der Waals surface area contributed by atoms with Gasteiger partial charge in [0.05, 0.1) is 19.2 Å². The van der Waals surface area contributed by atoms with Crippen molar-refractivity contribution in [3.8, 4) is 0 Å². The Labute approximate surface area is 84.2 Å². The Hall–Kier alpha value is -1.10. The average molecular weight is 202 g/mol. The van der Waals surface area contributed by atoms with Crippen LogP contribution < -0.4 is 10.6 Å². The number of amides is 1. The molecule has 0 aromatic carbocycles. The molecule has 5 nitrogen and oxygen atoms in total. The van der Waals surface area contributed by atoms with Crippen LogP contribution >= 0.6 is 0 Å². The molecule has 0 aliphatic heterocycles. The first-order chi connectivity index (χ1) is 6.56. The Morgan fingerprint density at radius 1 is 1.29 bits per heavy atom. The van der Waals surface area contributed by atoms with Crippen LogP contribution in [-0.4, -0.2) is 37.6 Å². The van der Waals surface area contributed by atoms with E-state index in [-0.39, 0.29) is 31.1 Å². The zero-order chi connectivity index (χ0) is 11.0. The lowest BCUT2D eigenvalue weighted by molar-refractivity contribution is -0.146. The van der Waals surface area contributed by atoms with Crippen LogP contribution in [0.15, 0.2) is 0 Å². The van der Waals surface area contributed by atoms with E-state index in [1.807, 2.05) is 6.92 Å². The highest BCUT2D eigenvalue weighted by Gasteiger charge is 2.05. The second-order valence-electron chi connectivity index (χ2n) is 3.10. The van der Waals surface area contributed by atoms with Gasteiger partial charge in [0, 0.05) is 6.54 Å². The number of carbonyl (C=O) groups excluding carboxylic acids is 2. The summed E-state index contributed by atoms with van der Waals surface area (Å²) in [6.07, 6.45) is -0.117. The first kappa shape index (κ1) is 12.9. The molecule has 0 spiro atoms. The zero-order valence-corrected chi connectivity index (χ0v) is 8.92. The van der Waals surface area contributed by atoms with Gasteiger partial charge in [-0.15, -0.1) is 0 Å². The lowest BCUT2D eigenvalue weighted by Crippen LogP contribution is -2.36. The molecule has 2 N–H and O–H groups in total. The number of hydrogen-bond donors (Lipinski definition) is 2. The van der Waals surface area contributed by atoms with Crippen LogP contribution in [0.4, 0.5) is 0 Å². The average Bonchev–Trinajstić information content (AvgIpc) is 2.02. The van der Waals surface area contributed by atoms with E-state index < -0.39 is 0 Å². The monoisotopic (exact) mass is 202 g/mol. The summed E-state index contributed by atoms with van der Waals surface area (Å²) in [6.45, 7) is 6.20. The van der Waals surface area contributed by atoms with E-state index in [2.05, 4.69) is 10.6 Å². The lowest BCUT2D eigenvalue weighted by atomic mass is 10.5. The minimum Gasteiger partial charge on any atom is -0.462 e. The Morgan fingerprint density at radius 2 is 1.93 bits per heavy atom. The van der Waals surface area contributed by atoms with Crippen LogP contribution in [-0.2, 0) is 14.3 Å². The predicted octanol–water partition coefficient (Wildman–Crippen LogP) is -0.336. The maximum absolute atomic E-state index is 11.0. The molecule has 0 radical (unpaired) electrons. The number of ether oxygens (including phenoxy) is 1. The van der Waals surface area contributed by atoms with Gasteiger partial charge in [0.1, 0.15) is 0 Å². The second-order valence-corrected chi connectivity index (χ2v) is 3.10. The summed E-state index contributed by atoms with van der Waals surface area (Å²) in [7, 11) is 0. The van der Waals surface area contributed by atoms with Gasteiger partial charge in [-0.25, -0.2) is 0 Å². The predicted molar refractivity (Wildman–Crippen MR) is 52.8 cm³/mol. The first-order valence-corrected chi connectivity index (χ1v) is 4.73. The Morgan fingerprint density at radius 3 is 2.43 bits per heavy atom. The van der Waals surface area contributed by atoms with Crippen LogP contribution in [0.3, 0.4) is 0 Å². The third-order valence-corrected chi connectivity index (χ3v) is 1.30. The first-order valence-electron chi connectivity index (χ1n) is 4.73. The van der Waals surface area contributed by atoms with Crippen molar-refractivity contribution in [1.82, 2.24) is 10.6 Å². The number of carbonyl (C=O) groups is 2. The van der Waals surface area contributed by atoms with Crippen molar-refractivity contribution in [1.29, 1.82) is 0 Å². The van der Waals surface area contributed by atoms with Crippen molar-refractivity contribution >= 4 is 11.9 Å². The molecular weight excluding hydrogens is 184 g/mol. The van der Waals surface area contributed by atoms with Crippen LogP contribution in [0.25, 0.3) is 0 Å². The number of likely N-dealkylation sites (N-methyl/N-ethyl adjacent to an activating group) is 1. The highest BCUT2D eigenvalue weighted by atomic mass is 16.5. The minimum atomic E-state index is -0.343. The van der Waals surface area contributed by atoms with Crippen molar-refractivity contribution < 1.29 is 14.3 Å². The zero-order valence-electron chi connectivity index (χ0n) is 8.92. The van der Waals surface area contributed by atoms with Gasteiger partial charge < -0.3 is 10.1 Å². The van der Waals surface area contributed by atoms with Gasteiger partial charge in [-0.1, -0.05) is 0 Å². The molecular formula is C9H18N2O3. The molecule has 0 unspecified atom stereocenters. The molecule has 0 aromatic heterocycles. The molecule has 82 valence electrons. The Kier molecular flexibility index (Phi) is 6.74. The van der Waals surface area contributed by atoms with Crippen LogP contribution in [0.2, 0.25) is 0 Å². The molecule has 0 heterocycles. The molecule has 0 fully saturated rings. The summed E-state index contributed by atoms with van der Waals surface area (Å²) in [5.74, 6) is -0.464. The van der Waals surface area contributed by atoms with Crippen molar-refractivity contribution in [2.45, 2.75) is 26.9 Å². The fraction of sp³-hybridized carbons (Fsp3) is 0.778. The minimum absolute atomic E-state index is 0.0648. The second kappa shape index (κ2) is 7.32. The molecule has 0 saturated carbocycles. The van der Waals surface area contributed by atoms with Crippen LogP contribution in [0.1, 0.15) is 20.8 Å². The normalized spacial score (nSPS) is 10.0. The quantitative estimate of drug-likeness (QED) is 0.578. The number of rotatable bonds is 6. The molecule has 0 aromatic rings. The van der Waals surface area contributed by atoms with E-state index in [0.29, 0.717) is 6.54 Å². The van der Waals surface area contributed by atoms with E-state index in [9.17, 15) is 9.59 Å². The third-order valence-electron chi connectivity index (χ3n) is 1.30. The van der Waals surface area contributed by atoms with E-state index in [4.69, 9.17) is 4.74 Å². The highest BCUT2D eigenvalue weighted by Crippen LogP contribution is 1.86. The largest absolute Gasteiger partial charge is 0.462 e. The summed E-state index contributed by atoms with van der Waals surface area (Å²) < 4.78 is 4.86. The van der Waals surface area contributed by atoms with Crippen molar-refractivity contribution in [3.63, 3.8) is 0 Å². The van der Waals surface area contributed by atoms with Gasteiger partial charge in [0.2, 0.25) is 5.91 Å². The summed E-state index contributed by atoms with van der Waals surface area (Å²) in [5, 5.41) is 5.29. The summed E-state index contributed by atoms with van der Waals surface area (Å²) >= 11 is 0. The molecule has 5 heteroatoms. The highest BCUT2D eigenvalue weighted by molar-refractivity contribution is 5.79. The summed E-state index contributed by atoms with van der Waals surface area (Å²) in [4.78, 5) is 21.9. The molecule has 0 bridgehead atoms. The smallest absolute Gasteiger partial charge is 0.320 e. The van der Waals surface area contributed by atoms with Crippen molar-refractivity contribution in [2.24, 2.45) is 0 Å². The van der Waals surface area contributed by atoms with E-state index in [1.54, 1.807) is 13.8 Å². The maximum atomic E-state index is 11.0. The topological polar surface area (TPSA) is 67.4 Å². The number of nitrogens with one attached hydrogen (secondary N) is 2. The van der Waals surface area contributed by atoms with Gasteiger partial charge in [-0.2, -0.15) is 0 Å². The van der Waals surface area contributed by atoms with E-state index in [1.165, 1.54) is 0 Å².